The first-order valence-electron chi connectivity index (χ1n) is 8.19. The van der Waals surface area contributed by atoms with E-state index in [4.69, 9.17) is 9.72 Å². The summed E-state index contributed by atoms with van der Waals surface area (Å²) >= 11 is 0. The van der Waals surface area contributed by atoms with Crippen LogP contribution in [0.5, 0.6) is 0 Å². The Balaban J connectivity index is 1.67. The van der Waals surface area contributed by atoms with E-state index in [0.29, 0.717) is 24.5 Å². The average molecular weight is 312 g/mol. The maximum absolute atomic E-state index is 12.8. The number of carbonyl (C=O) groups is 1. The van der Waals surface area contributed by atoms with Crippen molar-refractivity contribution in [2.75, 3.05) is 13.2 Å². The number of benzene rings is 1. The lowest BCUT2D eigenvalue weighted by Gasteiger charge is -2.28. The minimum atomic E-state index is -0.649. The molecular weight excluding hydrogens is 292 g/mol. The molecular formula is C18H20N2O3. The molecule has 1 aliphatic heterocycles. The lowest BCUT2D eigenvalue weighted by atomic mass is 10.0. The van der Waals surface area contributed by atoms with E-state index in [9.17, 15) is 9.90 Å². The smallest absolute Gasteiger partial charge is 0.252 e. The van der Waals surface area contributed by atoms with Gasteiger partial charge < -0.3 is 15.2 Å². The Bertz CT molecular complexity index is 742. The van der Waals surface area contributed by atoms with E-state index in [0.717, 1.165) is 29.4 Å². The summed E-state index contributed by atoms with van der Waals surface area (Å²) in [6.45, 7) is 0.835. The van der Waals surface area contributed by atoms with Crippen LogP contribution >= 0.6 is 0 Å². The Morgan fingerprint density at radius 3 is 2.87 bits per heavy atom. The number of para-hydroxylation sites is 1. The van der Waals surface area contributed by atoms with Crippen LogP contribution in [0.15, 0.2) is 30.3 Å². The Labute approximate surface area is 134 Å². The molecule has 1 saturated carbocycles. The van der Waals surface area contributed by atoms with Crippen LogP contribution in [0.4, 0.5) is 0 Å². The molecule has 2 fully saturated rings. The molecule has 120 valence electrons. The molecule has 0 spiro atoms. The monoisotopic (exact) mass is 312 g/mol. The molecule has 0 bridgehead atoms. The Kier molecular flexibility index (Phi) is 3.75. The van der Waals surface area contributed by atoms with Gasteiger partial charge in [0.05, 0.1) is 29.8 Å². The molecule has 0 radical (unpaired) electrons. The third-order valence-electron chi connectivity index (χ3n) is 4.62. The minimum absolute atomic E-state index is 0.142. The molecule has 2 atom stereocenters. The van der Waals surface area contributed by atoms with Crippen LogP contribution in [-0.4, -0.2) is 41.4 Å². The first kappa shape index (κ1) is 14.6. The average Bonchev–Trinajstić information content (AvgIpc) is 3.41. The number of nitrogens with zero attached hydrogens (tertiary/aromatic N) is 1. The molecule has 23 heavy (non-hydrogen) atoms. The molecule has 1 aliphatic carbocycles. The second-order valence-electron chi connectivity index (χ2n) is 6.40. The first-order chi connectivity index (χ1) is 11.2. The normalized spacial score (nSPS) is 24.6. The minimum Gasteiger partial charge on any atom is -0.389 e. The molecule has 1 aromatic heterocycles. The van der Waals surface area contributed by atoms with Crippen molar-refractivity contribution in [3.05, 3.63) is 41.6 Å². The van der Waals surface area contributed by atoms with E-state index < -0.39 is 6.10 Å². The largest absolute Gasteiger partial charge is 0.389 e. The van der Waals surface area contributed by atoms with Gasteiger partial charge in [-0.15, -0.1) is 0 Å². The highest BCUT2D eigenvalue weighted by molar-refractivity contribution is 6.06. The van der Waals surface area contributed by atoms with Crippen LogP contribution < -0.4 is 5.32 Å². The second kappa shape index (κ2) is 5.91. The molecule has 4 rings (SSSR count). The number of fused-ring (bicyclic) bond motifs is 1. The van der Waals surface area contributed by atoms with Crippen molar-refractivity contribution in [3.8, 4) is 0 Å². The molecule has 1 saturated heterocycles. The summed E-state index contributed by atoms with van der Waals surface area (Å²) in [5.74, 6) is 0.344. The lowest BCUT2D eigenvalue weighted by molar-refractivity contribution is -0.0260. The zero-order valence-electron chi connectivity index (χ0n) is 12.9. The SMILES string of the molecule is O=C(N[C@@H]1CCOC[C@H]1O)c1cc(C2CC2)nc2ccccc12. The fourth-order valence-electron chi connectivity index (χ4n) is 3.11. The highest BCUT2D eigenvalue weighted by Gasteiger charge is 2.29. The number of nitrogens with one attached hydrogen (secondary N) is 1. The summed E-state index contributed by atoms with van der Waals surface area (Å²) in [5, 5.41) is 13.8. The number of hydrogen-bond donors (Lipinski definition) is 2. The van der Waals surface area contributed by atoms with Gasteiger partial charge in [-0.25, -0.2) is 0 Å². The number of aliphatic hydroxyl groups excluding tert-OH is 1. The molecule has 2 heterocycles. The van der Waals surface area contributed by atoms with Gasteiger partial charge in [-0.1, -0.05) is 18.2 Å². The number of pyridine rings is 1. The van der Waals surface area contributed by atoms with Crippen LogP contribution in [0.3, 0.4) is 0 Å². The fourth-order valence-corrected chi connectivity index (χ4v) is 3.11. The molecule has 1 amide bonds. The number of hydrogen-bond acceptors (Lipinski definition) is 4. The van der Waals surface area contributed by atoms with E-state index >= 15 is 0 Å². The van der Waals surface area contributed by atoms with Gasteiger partial charge in [0.15, 0.2) is 0 Å². The maximum atomic E-state index is 12.8. The summed E-state index contributed by atoms with van der Waals surface area (Å²) in [6, 6.07) is 9.39. The van der Waals surface area contributed by atoms with Crippen molar-refractivity contribution in [2.45, 2.75) is 37.3 Å². The molecule has 0 unspecified atom stereocenters. The van der Waals surface area contributed by atoms with Crippen molar-refractivity contribution in [2.24, 2.45) is 0 Å². The second-order valence-corrected chi connectivity index (χ2v) is 6.40. The Hall–Kier alpha value is -1.98. The third kappa shape index (κ3) is 2.94. The van der Waals surface area contributed by atoms with E-state index in [2.05, 4.69) is 5.32 Å². The van der Waals surface area contributed by atoms with Gasteiger partial charge in [0.25, 0.3) is 5.91 Å². The van der Waals surface area contributed by atoms with Crippen LogP contribution in [0.1, 0.15) is 41.2 Å². The van der Waals surface area contributed by atoms with Gasteiger partial charge in [-0.3, -0.25) is 9.78 Å². The lowest BCUT2D eigenvalue weighted by Crippen LogP contribution is -2.48. The summed E-state index contributed by atoms with van der Waals surface area (Å²) in [6.07, 6.45) is 2.27. The van der Waals surface area contributed by atoms with Crippen molar-refractivity contribution in [1.29, 1.82) is 0 Å². The predicted molar refractivity (Wildman–Crippen MR) is 86.4 cm³/mol. The van der Waals surface area contributed by atoms with E-state index in [1.54, 1.807) is 0 Å². The summed E-state index contributed by atoms with van der Waals surface area (Å²) in [4.78, 5) is 17.5. The first-order valence-corrected chi connectivity index (χ1v) is 8.19. The number of aliphatic hydroxyl groups is 1. The van der Waals surface area contributed by atoms with Crippen molar-refractivity contribution in [1.82, 2.24) is 10.3 Å². The Morgan fingerprint density at radius 1 is 1.26 bits per heavy atom. The number of ether oxygens (including phenoxy) is 1. The predicted octanol–water partition coefficient (Wildman–Crippen LogP) is 1.99. The number of aromatic nitrogens is 1. The molecule has 2 N–H and O–H groups in total. The summed E-state index contributed by atoms with van der Waals surface area (Å²) in [7, 11) is 0. The highest BCUT2D eigenvalue weighted by Crippen LogP contribution is 2.40. The van der Waals surface area contributed by atoms with Gasteiger partial charge >= 0.3 is 0 Å². The quantitative estimate of drug-likeness (QED) is 0.909. The van der Waals surface area contributed by atoms with Gasteiger partial charge in [-0.05, 0) is 31.4 Å². The molecule has 1 aromatic carbocycles. The van der Waals surface area contributed by atoms with Crippen LogP contribution in [-0.2, 0) is 4.74 Å². The van der Waals surface area contributed by atoms with E-state index in [1.807, 2.05) is 30.3 Å². The zero-order valence-corrected chi connectivity index (χ0v) is 12.9. The van der Waals surface area contributed by atoms with Gasteiger partial charge in [0, 0.05) is 23.6 Å². The van der Waals surface area contributed by atoms with E-state index in [1.165, 1.54) is 0 Å². The van der Waals surface area contributed by atoms with E-state index in [-0.39, 0.29) is 18.6 Å². The van der Waals surface area contributed by atoms with Gasteiger partial charge in [0.2, 0.25) is 0 Å². The summed E-state index contributed by atoms with van der Waals surface area (Å²) in [5.41, 5.74) is 2.51. The van der Waals surface area contributed by atoms with Gasteiger partial charge in [0.1, 0.15) is 0 Å². The highest BCUT2D eigenvalue weighted by atomic mass is 16.5. The maximum Gasteiger partial charge on any atom is 0.252 e. The molecule has 2 aliphatic rings. The number of amides is 1. The van der Waals surface area contributed by atoms with Crippen molar-refractivity contribution < 1.29 is 14.6 Å². The van der Waals surface area contributed by atoms with Crippen molar-refractivity contribution >= 4 is 16.8 Å². The topological polar surface area (TPSA) is 71.5 Å². The van der Waals surface area contributed by atoms with Crippen molar-refractivity contribution in [3.63, 3.8) is 0 Å². The number of rotatable bonds is 3. The van der Waals surface area contributed by atoms with Crippen LogP contribution in [0.25, 0.3) is 10.9 Å². The van der Waals surface area contributed by atoms with Crippen LogP contribution in [0.2, 0.25) is 0 Å². The third-order valence-corrected chi connectivity index (χ3v) is 4.62. The van der Waals surface area contributed by atoms with Crippen LogP contribution in [0, 0.1) is 0 Å². The molecule has 5 nitrogen and oxygen atoms in total. The fraction of sp³-hybridized carbons (Fsp3) is 0.444. The zero-order chi connectivity index (χ0) is 15.8. The Morgan fingerprint density at radius 2 is 2.09 bits per heavy atom. The molecule has 2 aromatic rings. The molecule has 5 heteroatoms. The number of carbonyl (C=O) groups excluding carboxylic acids is 1. The summed E-state index contributed by atoms with van der Waals surface area (Å²) < 4.78 is 5.22. The standard InChI is InChI=1S/C18H20N2O3/c21-17-10-23-8-7-15(17)20-18(22)13-9-16(11-5-6-11)19-14-4-2-1-3-12(13)14/h1-4,9,11,15,17,21H,5-8,10H2,(H,20,22)/t15-,17-/m1/s1. The van der Waals surface area contributed by atoms with Gasteiger partial charge in [-0.2, -0.15) is 0 Å².